The molecule has 0 aliphatic heterocycles. The van der Waals surface area contributed by atoms with Crippen LogP contribution in [-0.2, 0) is 0 Å². The highest BCUT2D eigenvalue weighted by Crippen LogP contribution is 2.47. The fourth-order valence-electron chi connectivity index (χ4n) is 3.93. The number of carbonyl (C=O) groups excluding carboxylic acids is 1. The molecule has 0 aromatic heterocycles. The molecule has 0 fully saturated rings. The Balaban J connectivity index is 1.69. The van der Waals surface area contributed by atoms with E-state index >= 15 is 0 Å². The molecule has 27 heavy (non-hydrogen) atoms. The summed E-state index contributed by atoms with van der Waals surface area (Å²) >= 11 is 0. The van der Waals surface area contributed by atoms with Crippen molar-refractivity contribution in [3.63, 3.8) is 0 Å². The van der Waals surface area contributed by atoms with Crippen molar-refractivity contribution in [1.82, 2.24) is 0 Å². The summed E-state index contributed by atoms with van der Waals surface area (Å²) in [7, 11) is 0. The Morgan fingerprint density at radius 1 is 0.593 bits per heavy atom. The highest BCUT2D eigenvalue weighted by Gasteiger charge is 2.23. The number of ketones is 1. The van der Waals surface area contributed by atoms with Crippen molar-refractivity contribution in [2.45, 2.75) is 0 Å². The third-order valence-corrected chi connectivity index (χ3v) is 5.19. The first-order valence-electron chi connectivity index (χ1n) is 8.69. The van der Waals surface area contributed by atoms with Crippen LogP contribution in [0.4, 0.5) is 0 Å². The third kappa shape index (κ3) is 2.22. The smallest absolute Gasteiger partial charge is 0.335 e. The quantitative estimate of drug-likeness (QED) is 0.442. The summed E-state index contributed by atoms with van der Waals surface area (Å²) in [5.41, 5.74) is 5.95. The fraction of sp³-hybridized carbons (Fsp3) is 0. The summed E-state index contributed by atoms with van der Waals surface area (Å²) in [5.74, 6) is -1.11. The standard InChI is InChI=1S/C24H14O3/c25-23(14-8-10-15(11-9-14)24(26)27)21-13-12-20-17-5-2-1-4-16(17)18-6-3-7-19(21)22(18)20/h1-13H,(H,26,27). The monoisotopic (exact) mass is 350 g/mol. The van der Waals surface area contributed by atoms with Gasteiger partial charge >= 0.3 is 5.97 Å². The molecule has 0 heterocycles. The van der Waals surface area contributed by atoms with Crippen molar-refractivity contribution in [2.24, 2.45) is 0 Å². The minimum atomic E-state index is -1.00. The number of benzene rings is 4. The largest absolute Gasteiger partial charge is 0.478 e. The second kappa shape index (κ2) is 5.64. The maximum atomic E-state index is 13.1. The number of carbonyl (C=O) groups is 2. The van der Waals surface area contributed by atoms with E-state index in [9.17, 15) is 9.59 Å². The second-order valence-corrected chi connectivity index (χ2v) is 6.65. The average Bonchev–Trinajstić information content (AvgIpc) is 3.04. The van der Waals surface area contributed by atoms with Gasteiger partial charge in [-0.3, -0.25) is 4.79 Å². The Morgan fingerprint density at radius 2 is 1.19 bits per heavy atom. The highest BCUT2D eigenvalue weighted by atomic mass is 16.4. The van der Waals surface area contributed by atoms with Crippen LogP contribution in [0.3, 0.4) is 0 Å². The molecule has 0 amide bonds. The molecular weight excluding hydrogens is 336 g/mol. The molecule has 4 aromatic rings. The molecule has 0 unspecified atom stereocenters. The SMILES string of the molecule is O=C(O)c1ccc(C(=O)c2ccc3c4c(cccc24)-c2ccccc2-3)cc1. The van der Waals surface area contributed by atoms with E-state index < -0.39 is 5.97 Å². The molecule has 0 saturated heterocycles. The van der Waals surface area contributed by atoms with E-state index in [1.165, 1.54) is 23.3 Å². The maximum Gasteiger partial charge on any atom is 0.335 e. The van der Waals surface area contributed by atoms with Crippen LogP contribution in [0, 0.1) is 0 Å². The van der Waals surface area contributed by atoms with Crippen LogP contribution in [-0.4, -0.2) is 16.9 Å². The molecule has 1 N–H and O–H groups in total. The van der Waals surface area contributed by atoms with E-state index in [4.69, 9.17) is 5.11 Å². The predicted molar refractivity (Wildman–Crippen MR) is 105 cm³/mol. The first-order chi connectivity index (χ1) is 13.1. The van der Waals surface area contributed by atoms with Crippen LogP contribution >= 0.6 is 0 Å². The van der Waals surface area contributed by atoms with Gasteiger partial charge in [-0.1, -0.05) is 60.7 Å². The predicted octanol–water partition coefficient (Wildman–Crippen LogP) is 5.42. The summed E-state index contributed by atoms with van der Waals surface area (Å²) in [6.45, 7) is 0. The van der Waals surface area contributed by atoms with Gasteiger partial charge in [-0.05, 0) is 51.2 Å². The van der Waals surface area contributed by atoms with Crippen LogP contribution in [0.25, 0.3) is 33.0 Å². The lowest BCUT2D eigenvalue weighted by Crippen LogP contribution is -2.04. The summed E-state index contributed by atoms with van der Waals surface area (Å²) in [6, 6.07) is 24.3. The highest BCUT2D eigenvalue weighted by molar-refractivity contribution is 6.23. The number of carboxylic acid groups (broad SMARTS) is 1. The Morgan fingerprint density at radius 3 is 1.85 bits per heavy atom. The van der Waals surface area contributed by atoms with Crippen molar-refractivity contribution in [1.29, 1.82) is 0 Å². The molecule has 0 radical (unpaired) electrons. The first kappa shape index (κ1) is 15.5. The lowest BCUT2D eigenvalue weighted by atomic mass is 9.93. The number of hydrogen-bond donors (Lipinski definition) is 1. The number of fused-ring (bicyclic) bond motifs is 3. The zero-order chi connectivity index (χ0) is 18.5. The van der Waals surface area contributed by atoms with Crippen molar-refractivity contribution < 1.29 is 14.7 Å². The molecule has 5 rings (SSSR count). The van der Waals surface area contributed by atoms with Crippen LogP contribution in [0.2, 0.25) is 0 Å². The fourth-order valence-corrected chi connectivity index (χ4v) is 3.93. The van der Waals surface area contributed by atoms with Gasteiger partial charge in [0.05, 0.1) is 5.56 Å². The van der Waals surface area contributed by atoms with Gasteiger partial charge in [0.25, 0.3) is 0 Å². The van der Waals surface area contributed by atoms with Gasteiger partial charge in [0.1, 0.15) is 0 Å². The van der Waals surface area contributed by atoms with Crippen molar-refractivity contribution in [2.75, 3.05) is 0 Å². The Hall–Kier alpha value is -3.72. The third-order valence-electron chi connectivity index (χ3n) is 5.19. The lowest BCUT2D eigenvalue weighted by Gasteiger charge is -2.09. The van der Waals surface area contributed by atoms with Gasteiger partial charge in [-0.15, -0.1) is 0 Å². The van der Waals surface area contributed by atoms with Gasteiger partial charge in [0.2, 0.25) is 0 Å². The zero-order valence-electron chi connectivity index (χ0n) is 14.3. The van der Waals surface area contributed by atoms with Crippen molar-refractivity contribution in [3.05, 3.63) is 95.6 Å². The normalized spacial score (nSPS) is 11.4. The molecule has 1 aliphatic carbocycles. The number of hydrogen-bond acceptors (Lipinski definition) is 2. The number of aromatic carboxylic acids is 1. The van der Waals surface area contributed by atoms with Crippen LogP contribution in [0.15, 0.2) is 78.9 Å². The molecule has 3 heteroatoms. The summed E-state index contributed by atoms with van der Waals surface area (Å²) in [5, 5.41) is 11.1. The van der Waals surface area contributed by atoms with Gasteiger partial charge in [-0.2, -0.15) is 0 Å². The van der Waals surface area contributed by atoms with Crippen LogP contribution in [0.1, 0.15) is 26.3 Å². The molecule has 0 spiro atoms. The maximum absolute atomic E-state index is 13.1. The minimum absolute atomic E-state index is 0.105. The Labute approximate surface area is 155 Å². The zero-order valence-corrected chi connectivity index (χ0v) is 14.3. The van der Waals surface area contributed by atoms with E-state index in [1.54, 1.807) is 12.1 Å². The molecule has 0 saturated carbocycles. The summed E-state index contributed by atoms with van der Waals surface area (Å²) in [6.07, 6.45) is 0. The summed E-state index contributed by atoms with van der Waals surface area (Å²) < 4.78 is 0. The van der Waals surface area contributed by atoms with E-state index in [0.29, 0.717) is 11.1 Å². The summed E-state index contributed by atoms with van der Waals surface area (Å²) in [4.78, 5) is 24.1. The van der Waals surface area contributed by atoms with Gasteiger partial charge in [0, 0.05) is 11.1 Å². The van der Waals surface area contributed by atoms with E-state index in [2.05, 4.69) is 18.2 Å². The van der Waals surface area contributed by atoms with E-state index in [0.717, 1.165) is 21.9 Å². The molecule has 3 nitrogen and oxygen atoms in total. The van der Waals surface area contributed by atoms with Crippen molar-refractivity contribution >= 4 is 22.5 Å². The molecule has 0 atom stereocenters. The number of rotatable bonds is 3. The number of carboxylic acids is 1. The molecule has 4 aromatic carbocycles. The van der Waals surface area contributed by atoms with Gasteiger partial charge in [-0.25, -0.2) is 4.79 Å². The molecular formula is C24H14O3. The van der Waals surface area contributed by atoms with Crippen molar-refractivity contribution in [3.8, 4) is 22.3 Å². The molecule has 128 valence electrons. The topological polar surface area (TPSA) is 54.4 Å². The molecule has 1 aliphatic rings. The van der Waals surface area contributed by atoms with Crippen LogP contribution in [0.5, 0.6) is 0 Å². The van der Waals surface area contributed by atoms with Gasteiger partial charge < -0.3 is 5.11 Å². The van der Waals surface area contributed by atoms with Crippen LogP contribution < -0.4 is 0 Å². The first-order valence-corrected chi connectivity index (χ1v) is 8.69. The Bertz CT molecular complexity index is 1220. The second-order valence-electron chi connectivity index (χ2n) is 6.65. The lowest BCUT2D eigenvalue weighted by molar-refractivity contribution is 0.0696. The van der Waals surface area contributed by atoms with E-state index in [-0.39, 0.29) is 11.3 Å². The average molecular weight is 350 g/mol. The van der Waals surface area contributed by atoms with Gasteiger partial charge in [0.15, 0.2) is 5.78 Å². The minimum Gasteiger partial charge on any atom is -0.478 e. The Kier molecular flexibility index (Phi) is 3.25. The van der Waals surface area contributed by atoms with E-state index in [1.807, 2.05) is 36.4 Å². The molecule has 0 bridgehead atoms.